The number of halogens is 3. The first kappa shape index (κ1) is 12.0. The van der Waals surface area contributed by atoms with Crippen LogP contribution in [0.4, 0.5) is 13.2 Å². The lowest BCUT2D eigenvalue weighted by atomic mass is 10.0. The summed E-state index contributed by atoms with van der Waals surface area (Å²) in [5, 5.41) is 9.32. The first-order valence-corrected chi connectivity index (χ1v) is 4.56. The van der Waals surface area contributed by atoms with E-state index in [1.807, 2.05) is 0 Å². The molecule has 0 amide bonds. The van der Waals surface area contributed by atoms with E-state index in [0.717, 1.165) is 6.07 Å². The van der Waals surface area contributed by atoms with Crippen molar-refractivity contribution in [2.24, 2.45) is 5.73 Å². The van der Waals surface area contributed by atoms with E-state index in [9.17, 15) is 18.3 Å². The van der Waals surface area contributed by atoms with Crippen molar-refractivity contribution in [2.45, 2.75) is 18.9 Å². The molecule has 0 unspecified atom stereocenters. The Labute approximate surface area is 85.5 Å². The van der Waals surface area contributed by atoms with E-state index in [1.165, 1.54) is 0 Å². The summed E-state index contributed by atoms with van der Waals surface area (Å²) in [4.78, 5) is 0. The van der Waals surface area contributed by atoms with Gasteiger partial charge in [0, 0.05) is 12.5 Å². The third-order valence-electron chi connectivity index (χ3n) is 2.04. The van der Waals surface area contributed by atoms with E-state index >= 15 is 0 Å². The molecule has 2 nitrogen and oxygen atoms in total. The van der Waals surface area contributed by atoms with Crippen LogP contribution < -0.4 is 5.73 Å². The summed E-state index contributed by atoms with van der Waals surface area (Å²) in [6.07, 6.45) is -0.618. The summed E-state index contributed by atoms with van der Waals surface area (Å²) in [7, 11) is 0. The molecule has 1 aromatic rings. The largest absolute Gasteiger partial charge is 0.393 e. The molecule has 0 saturated carbocycles. The number of hydrogen-bond acceptors (Lipinski definition) is 2. The van der Waals surface area contributed by atoms with Crippen LogP contribution in [0.25, 0.3) is 0 Å². The van der Waals surface area contributed by atoms with Gasteiger partial charge in [0.1, 0.15) is 5.82 Å². The molecule has 1 aromatic carbocycles. The van der Waals surface area contributed by atoms with E-state index in [0.29, 0.717) is 12.5 Å². The molecule has 0 aromatic heterocycles. The van der Waals surface area contributed by atoms with Gasteiger partial charge in [0.2, 0.25) is 0 Å². The highest BCUT2D eigenvalue weighted by Gasteiger charge is 2.13. The maximum Gasteiger partial charge on any atom is 0.161 e. The molecule has 0 radical (unpaired) electrons. The monoisotopic (exact) mass is 219 g/mol. The van der Waals surface area contributed by atoms with Gasteiger partial charge in [-0.1, -0.05) is 0 Å². The van der Waals surface area contributed by atoms with Crippen molar-refractivity contribution in [1.82, 2.24) is 0 Å². The number of rotatable bonds is 4. The van der Waals surface area contributed by atoms with Crippen LogP contribution in [0.3, 0.4) is 0 Å². The molecule has 5 heteroatoms. The van der Waals surface area contributed by atoms with Gasteiger partial charge in [0.15, 0.2) is 11.6 Å². The topological polar surface area (TPSA) is 46.2 Å². The molecule has 0 heterocycles. The average Bonchev–Trinajstić information content (AvgIpc) is 2.14. The molecule has 0 spiro atoms. The summed E-state index contributed by atoms with van der Waals surface area (Å²) >= 11 is 0. The molecule has 0 saturated heterocycles. The van der Waals surface area contributed by atoms with E-state index in [4.69, 9.17) is 5.73 Å². The summed E-state index contributed by atoms with van der Waals surface area (Å²) in [6.45, 7) is 0.256. The predicted molar refractivity (Wildman–Crippen MR) is 49.7 cm³/mol. The van der Waals surface area contributed by atoms with Crippen molar-refractivity contribution >= 4 is 0 Å². The fourth-order valence-corrected chi connectivity index (χ4v) is 1.27. The Bertz CT molecular complexity index is 344. The average molecular weight is 219 g/mol. The van der Waals surface area contributed by atoms with Gasteiger partial charge in [-0.2, -0.15) is 0 Å². The standard InChI is InChI=1S/C10H12F3NO/c11-8-5-10(13)9(12)4-6(8)3-7(15)1-2-14/h4-5,7,15H,1-3,14H2/t7-/m1/s1. The van der Waals surface area contributed by atoms with Crippen LogP contribution >= 0.6 is 0 Å². The molecular weight excluding hydrogens is 207 g/mol. The van der Waals surface area contributed by atoms with Crippen LogP contribution in [0, 0.1) is 17.5 Å². The third kappa shape index (κ3) is 3.21. The highest BCUT2D eigenvalue weighted by molar-refractivity contribution is 5.20. The Morgan fingerprint density at radius 2 is 1.73 bits per heavy atom. The zero-order valence-electron chi connectivity index (χ0n) is 8.01. The Morgan fingerprint density at radius 1 is 1.13 bits per heavy atom. The second-order valence-electron chi connectivity index (χ2n) is 3.29. The predicted octanol–water partition coefficient (Wildman–Crippen LogP) is 1.36. The summed E-state index contributed by atoms with van der Waals surface area (Å²) in [5.41, 5.74) is 5.14. The highest BCUT2D eigenvalue weighted by Crippen LogP contribution is 2.15. The lowest BCUT2D eigenvalue weighted by molar-refractivity contribution is 0.166. The number of hydrogen-bond donors (Lipinski definition) is 2. The molecule has 0 bridgehead atoms. The van der Waals surface area contributed by atoms with Crippen molar-refractivity contribution in [3.8, 4) is 0 Å². The van der Waals surface area contributed by atoms with Crippen LogP contribution in [0.2, 0.25) is 0 Å². The summed E-state index contributed by atoms with van der Waals surface area (Å²) in [5.74, 6) is -3.21. The molecule has 0 aliphatic heterocycles. The van der Waals surface area contributed by atoms with Gasteiger partial charge >= 0.3 is 0 Å². The Balaban J connectivity index is 2.81. The van der Waals surface area contributed by atoms with Gasteiger partial charge in [0.05, 0.1) is 6.10 Å². The Kier molecular flexibility index (Phi) is 4.11. The van der Waals surface area contributed by atoms with Crippen molar-refractivity contribution < 1.29 is 18.3 Å². The summed E-state index contributed by atoms with van der Waals surface area (Å²) in [6, 6.07) is 1.23. The van der Waals surface area contributed by atoms with Gasteiger partial charge in [0.25, 0.3) is 0 Å². The minimum Gasteiger partial charge on any atom is -0.393 e. The van der Waals surface area contributed by atoms with Crippen molar-refractivity contribution in [1.29, 1.82) is 0 Å². The van der Waals surface area contributed by atoms with Crippen LogP contribution in [0.15, 0.2) is 12.1 Å². The van der Waals surface area contributed by atoms with E-state index in [2.05, 4.69) is 0 Å². The molecule has 0 aliphatic rings. The van der Waals surface area contributed by atoms with Crippen LogP contribution in [0.1, 0.15) is 12.0 Å². The van der Waals surface area contributed by atoms with Crippen LogP contribution in [0.5, 0.6) is 0 Å². The minimum atomic E-state index is -1.23. The first-order chi connectivity index (χ1) is 7.04. The molecule has 1 rings (SSSR count). The lowest BCUT2D eigenvalue weighted by Gasteiger charge is -2.10. The first-order valence-electron chi connectivity index (χ1n) is 4.56. The zero-order valence-corrected chi connectivity index (χ0v) is 8.01. The van der Waals surface area contributed by atoms with Crippen molar-refractivity contribution in [2.75, 3.05) is 6.54 Å². The number of nitrogens with two attached hydrogens (primary N) is 1. The number of benzene rings is 1. The molecule has 84 valence electrons. The van der Waals surface area contributed by atoms with Gasteiger partial charge in [-0.3, -0.25) is 0 Å². The van der Waals surface area contributed by atoms with Gasteiger partial charge in [-0.05, 0) is 24.6 Å². The van der Waals surface area contributed by atoms with E-state index < -0.39 is 23.6 Å². The minimum absolute atomic E-state index is 0.0464. The maximum atomic E-state index is 13.1. The SMILES string of the molecule is NCC[C@@H](O)Cc1cc(F)c(F)cc1F. The fourth-order valence-electron chi connectivity index (χ4n) is 1.27. The van der Waals surface area contributed by atoms with Crippen molar-refractivity contribution in [3.63, 3.8) is 0 Å². The Morgan fingerprint density at radius 3 is 2.33 bits per heavy atom. The fraction of sp³-hybridized carbons (Fsp3) is 0.400. The van der Waals surface area contributed by atoms with Crippen LogP contribution in [-0.2, 0) is 6.42 Å². The third-order valence-corrected chi connectivity index (χ3v) is 2.04. The molecular formula is C10H12F3NO. The quantitative estimate of drug-likeness (QED) is 0.751. The highest BCUT2D eigenvalue weighted by atomic mass is 19.2. The number of aliphatic hydroxyl groups is 1. The molecule has 0 aliphatic carbocycles. The maximum absolute atomic E-state index is 13.1. The molecule has 3 N–H and O–H groups in total. The lowest BCUT2D eigenvalue weighted by Crippen LogP contribution is -2.16. The number of aliphatic hydroxyl groups excluding tert-OH is 1. The second kappa shape index (κ2) is 5.14. The molecule has 1 atom stereocenters. The van der Waals surface area contributed by atoms with Crippen LogP contribution in [-0.4, -0.2) is 17.8 Å². The zero-order chi connectivity index (χ0) is 11.4. The second-order valence-corrected chi connectivity index (χ2v) is 3.29. The van der Waals surface area contributed by atoms with Gasteiger partial charge < -0.3 is 10.8 Å². The summed E-state index contributed by atoms with van der Waals surface area (Å²) < 4.78 is 38.4. The van der Waals surface area contributed by atoms with Crippen molar-refractivity contribution in [3.05, 3.63) is 35.1 Å². The molecule has 15 heavy (non-hydrogen) atoms. The van der Waals surface area contributed by atoms with E-state index in [1.54, 1.807) is 0 Å². The normalized spacial score (nSPS) is 12.9. The van der Waals surface area contributed by atoms with Gasteiger partial charge in [-0.15, -0.1) is 0 Å². The Hall–Kier alpha value is -1.07. The van der Waals surface area contributed by atoms with E-state index in [-0.39, 0.29) is 18.5 Å². The van der Waals surface area contributed by atoms with Gasteiger partial charge in [-0.25, -0.2) is 13.2 Å². The smallest absolute Gasteiger partial charge is 0.161 e. The molecule has 0 fully saturated rings.